The molecule has 1 rings (SSSR count). The van der Waals surface area contributed by atoms with Crippen LogP contribution in [0.3, 0.4) is 0 Å². The van der Waals surface area contributed by atoms with Gasteiger partial charge in [0, 0.05) is 0 Å². The first-order valence-corrected chi connectivity index (χ1v) is 6.36. The summed E-state index contributed by atoms with van der Waals surface area (Å²) in [5.74, 6) is -5.63. The number of aliphatic hydroxyl groups excluding tert-OH is 2. The second kappa shape index (κ2) is 5.38. The summed E-state index contributed by atoms with van der Waals surface area (Å²) in [4.78, 5) is 27.5. The molecule has 1 aliphatic heterocycles. The van der Waals surface area contributed by atoms with Crippen molar-refractivity contribution in [3.63, 3.8) is 0 Å². The summed E-state index contributed by atoms with van der Waals surface area (Å²) in [5.41, 5.74) is 0. The van der Waals surface area contributed by atoms with Crippen LogP contribution in [0, 0.1) is 0 Å². The van der Waals surface area contributed by atoms with Crippen molar-refractivity contribution in [2.75, 3.05) is 6.61 Å². The molecule has 1 heterocycles. The molecule has 10 nitrogen and oxygen atoms in total. The van der Waals surface area contributed by atoms with Crippen LogP contribution in [0.15, 0.2) is 0 Å². The second-order valence-electron chi connectivity index (χ2n) is 3.83. The highest BCUT2D eigenvalue weighted by Crippen LogP contribution is 2.38. The van der Waals surface area contributed by atoms with Crippen LogP contribution in [0.5, 0.6) is 0 Å². The standard InChI is InChI=1S/C7H12FO10P/c8-5-4(10)3(9)2(1-17-19(14,15)16)18-7(5,13)6(11)12/h2-5,9-10,13H,1H2,(H,11,12)(H2,14,15,16)/t2-,3-,4+,5+,7-/m1/s1. The highest BCUT2D eigenvalue weighted by Gasteiger charge is 2.59. The van der Waals surface area contributed by atoms with Crippen LogP contribution in [0.4, 0.5) is 4.39 Å². The van der Waals surface area contributed by atoms with Gasteiger partial charge < -0.3 is 34.9 Å². The second-order valence-corrected chi connectivity index (χ2v) is 5.07. The van der Waals surface area contributed by atoms with E-state index in [1.54, 1.807) is 0 Å². The molecule has 0 bridgehead atoms. The van der Waals surface area contributed by atoms with E-state index in [1.807, 2.05) is 0 Å². The predicted molar refractivity (Wildman–Crippen MR) is 52.4 cm³/mol. The summed E-state index contributed by atoms with van der Waals surface area (Å²) < 4.78 is 32.1. The van der Waals surface area contributed by atoms with Crippen LogP contribution in [-0.2, 0) is 18.6 Å². The molecule has 0 aliphatic carbocycles. The number of rotatable bonds is 4. The number of ether oxygens (including phenoxy) is 1. The average Bonchev–Trinajstić information content (AvgIpc) is 2.28. The number of phosphoric ester groups is 1. The number of carboxylic acid groups (broad SMARTS) is 1. The molecule has 0 amide bonds. The van der Waals surface area contributed by atoms with Gasteiger partial charge in [0.15, 0.2) is 6.17 Å². The molecule has 1 aliphatic rings. The molecule has 1 saturated heterocycles. The topological polar surface area (TPSA) is 174 Å². The fraction of sp³-hybridized carbons (Fsp3) is 0.857. The maximum atomic E-state index is 13.4. The molecule has 0 aromatic rings. The summed E-state index contributed by atoms with van der Waals surface area (Å²) in [7, 11) is -4.95. The Hall–Kier alpha value is -0.650. The van der Waals surface area contributed by atoms with Crippen molar-refractivity contribution in [1.29, 1.82) is 0 Å². The van der Waals surface area contributed by atoms with Crippen LogP contribution >= 0.6 is 7.82 Å². The quantitative estimate of drug-likeness (QED) is 0.300. The number of aliphatic hydroxyl groups is 3. The van der Waals surface area contributed by atoms with Gasteiger partial charge in [0.05, 0.1) is 6.61 Å². The number of carboxylic acids is 1. The Labute approximate surface area is 105 Å². The smallest absolute Gasteiger partial charge is 0.469 e. The van der Waals surface area contributed by atoms with Crippen molar-refractivity contribution in [1.82, 2.24) is 0 Å². The summed E-state index contributed by atoms with van der Waals surface area (Å²) in [5, 5.41) is 36.6. The molecule has 1 fully saturated rings. The zero-order chi connectivity index (χ0) is 15.0. The van der Waals surface area contributed by atoms with Gasteiger partial charge in [-0.2, -0.15) is 0 Å². The van der Waals surface area contributed by atoms with Gasteiger partial charge in [-0.3, -0.25) is 4.52 Å². The summed E-state index contributed by atoms with van der Waals surface area (Å²) in [6.45, 7) is -1.06. The van der Waals surface area contributed by atoms with Gasteiger partial charge in [-0.25, -0.2) is 13.8 Å². The van der Waals surface area contributed by atoms with E-state index in [-0.39, 0.29) is 0 Å². The molecule has 5 atom stereocenters. The summed E-state index contributed by atoms with van der Waals surface area (Å²) in [6, 6.07) is 0. The maximum absolute atomic E-state index is 13.4. The summed E-state index contributed by atoms with van der Waals surface area (Å²) >= 11 is 0. The number of carbonyl (C=O) groups is 1. The van der Waals surface area contributed by atoms with Crippen molar-refractivity contribution < 1.29 is 53.2 Å². The minimum Gasteiger partial charge on any atom is -0.477 e. The first kappa shape index (κ1) is 16.4. The molecule has 0 radical (unpaired) electrons. The molecule has 6 N–H and O–H groups in total. The lowest BCUT2D eigenvalue weighted by molar-refractivity contribution is -0.324. The Kier molecular flexibility index (Phi) is 4.65. The van der Waals surface area contributed by atoms with Crippen LogP contribution in [0.1, 0.15) is 0 Å². The molecule has 12 heteroatoms. The third-order valence-corrected chi connectivity index (χ3v) is 2.93. The average molecular weight is 306 g/mol. The van der Waals surface area contributed by atoms with E-state index in [0.717, 1.165) is 0 Å². The Morgan fingerprint density at radius 1 is 1.37 bits per heavy atom. The maximum Gasteiger partial charge on any atom is 0.469 e. The van der Waals surface area contributed by atoms with Gasteiger partial charge in [0.25, 0.3) is 0 Å². The zero-order valence-electron chi connectivity index (χ0n) is 9.16. The third kappa shape index (κ3) is 3.46. The van der Waals surface area contributed by atoms with E-state index in [2.05, 4.69) is 9.26 Å². The fourth-order valence-electron chi connectivity index (χ4n) is 1.46. The first-order valence-electron chi connectivity index (χ1n) is 4.83. The van der Waals surface area contributed by atoms with Gasteiger partial charge in [0.2, 0.25) is 0 Å². The minimum atomic E-state index is -4.95. The van der Waals surface area contributed by atoms with Crippen molar-refractivity contribution in [3.8, 4) is 0 Å². The van der Waals surface area contributed by atoms with Crippen molar-refractivity contribution in [2.45, 2.75) is 30.3 Å². The number of phosphoric acid groups is 1. The highest BCUT2D eigenvalue weighted by atomic mass is 31.2. The lowest BCUT2D eigenvalue weighted by atomic mass is 9.94. The normalized spacial score (nSPS) is 40.1. The van der Waals surface area contributed by atoms with Crippen LogP contribution < -0.4 is 0 Å². The van der Waals surface area contributed by atoms with Crippen LogP contribution in [0.2, 0.25) is 0 Å². The lowest BCUT2D eigenvalue weighted by Gasteiger charge is -2.41. The monoisotopic (exact) mass is 306 g/mol. The molecule has 0 saturated carbocycles. The van der Waals surface area contributed by atoms with E-state index < -0.39 is 50.7 Å². The largest absolute Gasteiger partial charge is 0.477 e. The van der Waals surface area contributed by atoms with Gasteiger partial charge in [-0.15, -0.1) is 0 Å². The molecule has 112 valence electrons. The Bertz CT molecular complexity index is 397. The molecule has 0 unspecified atom stereocenters. The van der Waals surface area contributed by atoms with Gasteiger partial charge in [-0.05, 0) is 0 Å². The van der Waals surface area contributed by atoms with Crippen molar-refractivity contribution in [2.24, 2.45) is 0 Å². The highest BCUT2D eigenvalue weighted by molar-refractivity contribution is 7.46. The molecule has 19 heavy (non-hydrogen) atoms. The molecule has 0 spiro atoms. The zero-order valence-corrected chi connectivity index (χ0v) is 10.1. The number of alkyl halides is 1. The van der Waals surface area contributed by atoms with Gasteiger partial charge in [0.1, 0.15) is 18.3 Å². The van der Waals surface area contributed by atoms with Crippen LogP contribution in [-0.4, -0.2) is 73.1 Å². The van der Waals surface area contributed by atoms with Gasteiger partial charge >= 0.3 is 19.6 Å². The van der Waals surface area contributed by atoms with Crippen molar-refractivity contribution >= 4 is 13.8 Å². The molecule has 0 aromatic heterocycles. The Morgan fingerprint density at radius 2 is 1.89 bits per heavy atom. The van der Waals surface area contributed by atoms with Gasteiger partial charge in [-0.1, -0.05) is 0 Å². The van der Waals surface area contributed by atoms with E-state index in [0.29, 0.717) is 0 Å². The molecular formula is C7H12FO10P. The van der Waals surface area contributed by atoms with E-state index in [1.165, 1.54) is 0 Å². The van der Waals surface area contributed by atoms with Crippen molar-refractivity contribution in [3.05, 3.63) is 0 Å². The number of hydrogen-bond donors (Lipinski definition) is 6. The van der Waals surface area contributed by atoms with E-state index in [9.17, 15) is 29.1 Å². The molecular weight excluding hydrogens is 294 g/mol. The number of halogens is 1. The fourth-order valence-corrected chi connectivity index (χ4v) is 1.80. The summed E-state index contributed by atoms with van der Waals surface area (Å²) in [6.07, 6.45) is -9.08. The van der Waals surface area contributed by atoms with E-state index >= 15 is 0 Å². The third-order valence-electron chi connectivity index (χ3n) is 2.45. The molecule has 0 aromatic carbocycles. The SMILES string of the molecule is O=C(O)[C@]1(O)O[C@H](COP(=O)(O)O)[C@@H](O)[C@H](O)[C@@H]1F. The Balaban J connectivity index is 2.88. The number of hydrogen-bond acceptors (Lipinski definition) is 7. The Morgan fingerprint density at radius 3 is 2.32 bits per heavy atom. The number of aliphatic carboxylic acids is 1. The predicted octanol–water partition coefficient (Wildman–Crippen LogP) is -2.67. The van der Waals surface area contributed by atoms with Crippen LogP contribution in [0.25, 0.3) is 0 Å². The lowest BCUT2D eigenvalue weighted by Crippen LogP contribution is -2.66. The minimum absolute atomic E-state index is 1.06. The first-order chi connectivity index (χ1) is 8.49. The van der Waals surface area contributed by atoms with E-state index in [4.69, 9.17) is 14.9 Å².